The topological polar surface area (TPSA) is 22.3 Å². The van der Waals surface area contributed by atoms with Crippen molar-refractivity contribution in [1.82, 2.24) is 5.73 Å². The summed E-state index contributed by atoms with van der Waals surface area (Å²) in [5, 5.41) is 0. The van der Waals surface area contributed by atoms with Crippen molar-refractivity contribution in [3.8, 4) is 0 Å². The predicted molar refractivity (Wildman–Crippen MR) is 22.3 cm³/mol. The molecule has 0 rings (SSSR count). The summed E-state index contributed by atoms with van der Waals surface area (Å²) in [6, 6.07) is -4.16. The summed E-state index contributed by atoms with van der Waals surface area (Å²) in [6.07, 6.45) is -2.80. The molecule has 0 aliphatic rings. The summed E-state index contributed by atoms with van der Waals surface area (Å²) in [6.45, 7) is 1.23. The molecule has 4 heteroatoms. The molecule has 0 aliphatic heterocycles. The lowest BCUT2D eigenvalue weighted by Gasteiger charge is -2.09. The van der Waals surface area contributed by atoms with Gasteiger partial charge in [-0.15, -0.1) is 0 Å². The van der Waals surface area contributed by atoms with E-state index in [1.165, 1.54) is 6.92 Å². The first-order valence-electron chi connectivity index (χ1n) is 2.22. The van der Waals surface area contributed by atoms with Crippen LogP contribution in [0, 0.1) is 0 Å². The van der Waals surface area contributed by atoms with Crippen LogP contribution in [0.2, 0.25) is 0 Å². The molecule has 0 fully saturated rings. The van der Waals surface area contributed by atoms with Gasteiger partial charge in [-0.25, -0.2) is 4.39 Å². The SMILES string of the molecule is CCC(F)C([N])(F)F. The number of hydrogen-bond acceptors (Lipinski definition) is 0. The molecule has 2 radical (unpaired) electrons. The van der Waals surface area contributed by atoms with E-state index in [0.717, 1.165) is 0 Å². The van der Waals surface area contributed by atoms with Crippen molar-refractivity contribution in [3.63, 3.8) is 0 Å². The predicted octanol–water partition coefficient (Wildman–Crippen LogP) is 1.40. The molecular weight excluding hydrogens is 119 g/mol. The maximum Gasteiger partial charge on any atom is 0.363 e. The van der Waals surface area contributed by atoms with Crippen LogP contribution >= 0.6 is 0 Å². The lowest BCUT2D eigenvalue weighted by Crippen LogP contribution is -2.30. The Hall–Kier alpha value is -0.250. The highest BCUT2D eigenvalue weighted by molar-refractivity contribution is 4.65. The van der Waals surface area contributed by atoms with Crippen LogP contribution in [0.1, 0.15) is 13.3 Å². The Balaban J connectivity index is 3.62. The van der Waals surface area contributed by atoms with Crippen LogP contribution in [0.5, 0.6) is 0 Å². The average molecular weight is 125 g/mol. The van der Waals surface area contributed by atoms with E-state index >= 15 is 0 Å². The van der Waals surface area contributed by atoms with Gasteiger partial charge in [-0.3, -0.25) is 0 Å². The molecule has 0 aromatic heterocycles. The lowest BCUT2D eigenvalue weighted by atomic mass is 10.3. The van der Waals surface area contributed by atoms with Gasteiger partial charge in [-0.1, -0.05) is 12.7 Å². The Morgan fingerprint density at radius 3 is 2.00 bits per heavy atom. The molecule has 0 spiro atoms. The Bertz CT molecular complexity index is 68.2. The third-order valence-electron chi connectivity index (χ3n) is 0.735. The second-order valence-electron chi connectivity index (χ2n) is 1.46. The minimum atomic E-state index is -4.16. The fourth-order valence-corrected chi connectivity index (χ4v) is 0.246. The highest BCUT2D eigenvalue weighted by Crippen LogP contribution is 2.18. The van der Waals surface area contributed by atoms with E-state index in [1.807, 2.05) is 0 Å². The van der Waals surface area contributed by atoms with Crippen LogP contribution in [0.4, 0.5) is 13.2 Å². The first-order chi connectivity index (χ1) is 3.48. The zero-order chi connectivity index (χ0) is 6.78. The maximum atomic E-state index is 11.6. The minimum Gasteiger partial charge on any atom is -0.239 e. The van der Waals surface area contributed by atoms with Gasteiger partial charge in [-0.2, -0.15) is 8.78 Å². The summed E-state index contributed by atoms with van der Waals surface area (Å²) < 4.78 is 34.2. The number of hydrogen-bond donors (Lipinski definition) is 0. The van der Waals surface area contributed by atoms with Crippen molar-refractivity contribution in [2.75, 3.05) is 0 Å². The van der Waals surface area contributed by atoms with Crippen LogP contribution in [0.25, 0.3) is 0 Å². The molecular formula is C4H6F3N. The molecule has 0 aromatic carbocycles. The highest BCUT2D eigenvalue weighted by atomic mass is 19.3. The fourth-order valence-electron chi connectivity index (χ4n) is 0.246. The first-order valence-corrected chi connectivity index (χ1v) is 2.22. The lowest BCUT2D eigenvalue weighted by molar-refractivity contribution is -0.0743. The van der Waals surface area contributed by atoms with E-state index in [0.29, 0.717) is 0 Å². The van der Waals surface area contributed by atoms with Crippen molar-refractivity contribution in [2.24, 2.45) is 0 Å². The zero-order valence-electron chi connectivity index (χ0n) is 4.37. The minimum absolute atomic E-state index is 0.372. The Kier molecular flexibility index (Phi) is 2.27. The smallest absolute Gasteiger partial charge is 0.239 e. The first kappa shape index (κ1) is 7.75. The molecule has 0 saturated carbocycles. The molecule has 0 bridgehead atoms. The third kappa shape index (κ3) is 2.16. The van der Waals surface area contributed by atoms with Crippen LogP contribution in [-0.4, -0.2) is 12.2 Å². The maximum absolute atomic E-state index is 11.6. The molecule has 1 atom stereocenters. The number of rotatable bonds is 2. The molecule has 0 aromatic rings. The van der Waals surface area contributed by atoms with Crippen molar-refractivity contribution < 1.29 is 13.2 Å². The molecule has 1 nitrogen and oxygen atoms in total. The molecule has 0 amide bonds. The average Bonchev–Trinajstić information content (AvgIpc) is 1.62. The summed E-state index contributed by atoms with van der Waals surface area (Å²) >= 11 is 0. The van der Waals surface area contributed by atoms with Crippen LogP contribution in [0.15, 0.2) is 0 Å². The van der Waals surface area contributed by atoms with Crippen LogP contribution in [-0.2, 0) is 0 Å². The molecule has 0 heterocycles. The standard InChI is InChI=1S/C4H6F3N/c1-2-3(5)4(6,7)8/h3H,2H2,1H3. The Labute approximate surface area is 45.7 Å². The summed E-state index contributed by atoms with van der Waals surface area (Å²) in [7, 11) is 0. The quantitative estimate of drug-likeness (QED) is 0.498. The van der Waals surface area contributed by atoms with Gasteiger partial charge in [0.1, 0.15) is 0 Å². The van der Waals surface area contributed by atoms with Gasteiger partial charge in [0.05, 0.1) is 0 Å². The Morgan fingerprint density at radius 2 is 2.00 bits per heavy atom. The van der Waals surface area contributed by atoms with E-state index in [2.05, 4.69) is 0 Å². The fraction of sp³-hybridized carbons (Fsp3) is 1.00. The monoisotopic (exact) mass is 125 g/mol. The van der Waals surface area contributed by atoms with Crippen LogP contribution in [0.3, 0.4) is 0 Å². The summed E-state index contributed by atoms with van der Waals surface area (Å²) in [5.41, 5.74) is 7.58. The van der Waals surface area contributed by atoms with Crippen molar-refractivity contribution in [1.29, 1.82) is 0 Å². The van der Waals surface area contributed by atoms with Gasteiger partial charge >= 0.3 is 6.05 Å². The van der Waals surface area contributed by atoms with E-state index < -0.39 is 12.2 Å². The van der Waals surface area contributed by atoms with Gasteiger partial charge in [-0.05, 0) is 6.42 Å². The van der Waals surface area contributed by atoms with Crippen molar-refractivity contribution in [2.45, 2.75) is 25.6 Å². The van der Waals surface area contributed by atoms with E-state index in [-0.39, 0.29) is 6.42 Å². The van der Waals surface area contributed by atoms with Gasteiger partial charge in [0, 0.05) is 0 Å². The largest absolute Gasteiger partial charge is 0.363 e. The molecule has 0 aliphatic carbocycles. The van der Waals surface area contributed by atoms with Crippen molar-refractivity contribution in [3.05, 3.63) is 0 Å². The highest BCUT2D eigenvalue weighted by Gasteiger charge is 2.35. The van der Waals surface area contributed by atoms with Gasteiger partial charge in [0.2, 0.25) is 0 Å². The normalized spacial score (nSPS) is 16.1. The molecule has 8 heavy (non-hydrogen) atoms. The zero-order valence-corrected chi connectivity index (χ0v) is 4.37. The summed E-state index contributed by atoms with van der Waals surface area (Å²) in [5.74, 6) is 0. The molecule has 0 N–H and O–H groups in total. The van der Waals surface area contributed by atoms with Gasteiger partial charge < -0.3 is 0 Å². The van der Waals surface area contributed by atoms with E-state index in [1.54, 1.807) is 0 Å². The molecule has 48 valence electrons. The second-order valence-corrected chi connectivity index (χ2v) is 1.46. The Morgan fingerprint density at radius 1 is 1.62 bits per heavy atom. The number of halogens is 3. The number of alkyl halides is 3. The van der Waals surface area contributed by atoms with E-state index in [9.17, 15) is 13.2 Å². The van der Waals surface area contributed by atoms with Crippen LogP contribution < -0.4 is 5.73 Å². The van der Waals surface area contributed by atoms with Gasteiger partial charge in [0.25, 0.3) is 0 Å². The second kappa shape index (κ2) is 2.35. The summed E-state index contributed by atoms with van der Waals surface area (Å²) in [4.78, 5) is 0. The van der Waals surface area contributed by atoms with Crippen molar-refractivity contribution >= 4 is 0 Å². The number of nitrogens with zero attached hydrogens (tertiary/aromatic N) is 1. The molecule has 1 unspecified atom stereocenters. The molecule has 0 saturated heterocycles. The third-order valence-corrected chi connectivity index (χ3v) is 0.735. The van der Waals surface area contributed by atoms with Gasteiger partial charge in [0.15, 0.2) is 6.17 Å². The van der Waals surface area contributed by atoms with E-state index in [4.69, 9.17) is 5.73 Å².